The van der Waals surface area contributed by atoms with E-state index in [1.807, 2.05) is 20.8 Å². The minimum atomic E-state index is -0.401. The first-order valence-corrected chi connectivity index (χ1v) is 8.05. The van der Waals surface area contributed by atoms with Crippen LogP contribution in [0.3, 0.4) is 0 Å². The molecule has 7 heteroatoms. The first-order valence-electron chi connectivity index (χ1n) is 8.05. The monoisotopic (exact) mass is 323 g/mol. The van der Waals surface area contributed by atoms with E-state index in [0.717, 1.165) is 30.8 Å². The van der Waals surface area contributed by atoms with Crippen LogP contribution in [0.4, 0.5) is 4.79 Å². The highest BCUT2D eigenvalue weighted by Crippen LogP contribution is 2.18. The lowest BCUT2D eigenvalue weighted by Crippen LogP contribution is -2.59. The molecule has 1 N–H and O–H groups in total. The number of piperidine rings is 1. The van der Waals surface area contributed by atoms with Gasteiger partial charge in [0.05, 0.1) is 14.1 Å². The highest BCUT2D eigenvalue weighted by Gasteiger charge is 2.42. The Balaban J connectivity index is 1.96. The van der Waals surface area contributed by atoms with Gasteiger partial charge in [-0.2, -0.15) is 9.69 Å². The summed E-state index contributed by atoms with van der Waals surface area (Å²) in [7, 11) is 3.17. The summed E-state index contributed by atoms with van der Waals surface area (Å²) in [5.41, 5.74) is -0.393. The van der Waals surface area contributed by atoms with Crippen LogP contribution in [0.2, 0.25) is 0 Å². The molecule has 0 radical (unpaired) electrons. The summed E-state index contributed by atoms with van der Waals surface area (Å²) in [6, 6.07) is -0.561. The number of carbonyl (C=O) groups excluding carboxylic acids is 3. The first-order chi connectivity index (χ1) is 10.6. The number of imide groups is 1. The molecule has 2 rings (SSSR count). The Kier molecular flexibility index (Phi) is 4.89. The zero-order valence-electron chi connectivity index (χ0n) is 14.6. The quantitative estimate of drug-likeness (QED) is 0.741. The van der Waals surface area contributed by atoms with E-state index >= 15 is 0 Å². The molecule has 2 aliphatic heterocycles. The maximum Gasteiger partial charge on any atom is 0.500 e. The summed E-state index contributed by atoms with van der Waals surface area (Å²) < 4.78 is 1.46. The second kappa shape index (κ2) is 6.39. The van der Waals surface area contributed by atoms with Gasteiger partial charge in [-0.25, -0.2) is 9.37 Å². The van der Waals surface area contributed by atoms with E-state index in [1.165, 1.54) is 11.6 Å². The minimum Gasteiger partial charge on any atom is -0.353 e. The van der Waals surface area contributed by atoms with Gasteiger partial charge in [-0.1, -0.05) is 20.8 Å². The lowest BCUT2D eigenvalue weighted by molar-refractivity contribution is -0.401. The molecular weight excluding hydrogens is 296 g/mol. The summed E-state index contributed by atoms with van der Waals surface area (Å²) >= 11 is 0. The molecule has 128 valence electrons. The van der Waals surface area contributed by atoms with Gasteiger partial charge in [0, 0.05) is 24.5 Å². The van der Waals surface area contributed by atoms with Gasteiger partial charge in [0.2, 0.25) is 5.91 Å². The van der Waals surface area contributed by atoms with Gasteiger partial charge < -0.3 is 5.32 Å². The van der Waals surface area contributed by atoms with Crippen LogP contribution in [-0.4, -0.2) is 77.7 Å². The molecule has 0 bridgehead atoms. The normalized spacial score (nSPS) is 24.7. The molecule has 23 heavy (non-hydrogen) atoms. The van der Waals surface area contributed by atoms with Gasteiger partial charge in [0.25, 0.3) is 0 Å². The molecule has 0 aromatic rings. The Morgan fingerprint density at radius 3 is 2.35 bits per heavy atom. The molecule has 4 amide bonds. The standard InChI is InChI=1S/C16H26N4O3/c1-16(2,3)14(22)17-11-6-8-20(9-7-11)12-10-18(4)15(23)19(5)13(12)21/h10-12H,6-9H2,1-5H3/p+1. The number of carbonyl (C=O) groups is 3. The number of likely N-dealkylation sites (tertiary alicyclic amines) is 1. The number of hydrogen-bond acceptors (Lipinski definition) is 4. The van der Waals surface area contributed by atoms with Crippen LogP contribution >= 0.6 is 0 Å². The average molecular weight is 323 g/mol. The van der Waals surface area contributed by atoms with Gasteiger partial charge in [0.1, 0.15) is 6.21 Å². The number of amides is 4. The lowest BCUT2D eigenvalue weighted by Gasteiger charge is -2.36. The number of nitrogens with zero attached hydrogens (tertiary/aromatic N) is 3. The Hall–Kier alpha value is -1.76. The first kappa shape index (κ1) is 17.6. The predicted octanol–water partition coefficient (Wildman–Crippen LogP) is 0.287. The largest absolute Gasteiger partial charge is 0.500 e. The van der Waals surface area contributed by atoms with Crippen LogP contribution in [0.25, 0.3) is 0 Å². The molecule has 0 spiro atoms. The highest BCUT2D eigenvalue weighted by atomic mass is 16.2. The average Bonchev–Trinajstić information content (AvgIpc) is 2.49. The summed E-state index contributed by atoms with van der Waals surface area (Å²) in [4.78, 5) is 39.4. The molecule has 1 unspecified atom stereocenters. The van der Waals surface area contributed by atoms with Crippen LogP contribution in [0, 0.1) is 5.41 Å². The SMILES string of the molecule is CN1C(=O)C(N2CCC(NC(=O)C(C)(C)C)CC2)C=[N+](C)C1=O. The second-order valence-corrected chi connectivity index (χ2v) is 7.42. The van der Waals surface area contributed by atoms with Crippen molar-refractivity contribution in [2.24, 2.45) is 5.41 Å². The fraction of sp³-hybridized carbons (Fsp3) is 0.750. The third-order valence-electron chi connectivity index (χ3n) is 4.48. The summed E-state index contributed by atoms with van der Waals surface area (Å²) in [6.07, 6.45) is 3.29. The van der Waals surface area contributed by atoms with Gasteiger partial charge in [-0.05, 0) is 12.8 Å². The van der Waals surface area contributed by atoms with Crippen LogP contribution in [-0.2, 0) is 9.59 Å². The fourth-order valence-electron chi connectivity index (χ4n) is 2.84. The van der Waals surface area contributed by atoms with Gasteiger partial charge in [-0.15, -0.1) is 0 Å². The van der Waals surface area contributed by atoms with E-state index in [9.17, 15) is 14.4 Å². The molecule has 1 fully saturated rings. The molecule has 0 aliphatic carbocycles. The van der Waals surface area contributed by atoms with Crippen molar-refractivity contribution >= 4 is 24.1 Å². The molecule has 2 heterocycles. The molecule has 7 nitrogen and oxygen atoms in total. The predicted molar refractivity (Wildman–Crippen MR) is 86.4 cm³/mol. The molecule has 0 aromatic heterocycles. The minimum absolute atomic E-state index is 0.0568. The van der Waals surface area contributed by atoms with Crippen molar-refractivity contribution in [1.82, 2.24) is 15.1 Å². The van der Waals surface area contributed by atoms with Gasteiger partial charge in [-0.3, -0.25) is 9.69 Å². The Morgan fingerprint density at radius 2 is 1.83 bits per heavy atom. The van der Waals surface area contributed by atoms with Crippen molar-refractivity contribution in [3.63, 3.8) is 0 Å². The topological polar surface area (TPSA) is 72.7 Å². The van der Waals surface area contributed by atoms with Crippen LogP contribution in [0.1, 0.15) is 33.6 Å². The number of nitrogens with one attached hydrogen (secondary N) is 1. The maximum atomic E-state index is 12.3. The third-order valence-corrected chi connectivity index (χ3v) is 4.48. The van der Waals surface area contributed by atoms with Gasteiger partial charge >= 0.3 is 11.9 Å². The molecule has 1 atom stereocenters. The lowest BCUT2D eigenvalue weighted by atomic mass is 9.94. The van der Waals surface area contributed by atoms with Crippen molar-refractivity contribution in [3.8, 4) is 0 Å². The third kappa shape index (κ3) is 3.77. The maximum absolute atomic E-state index is 12.3. The Bertz CT molecular complexity index is 542. The van der Waals surface area contributed by atoms with E-state index < -0.39 is 11.5 Å². The molecule has 0 saturated carbocycles. The smallest absolute Gasteiger partial charge is 0.353 e. The number of likely N-dealkylation sites (N-methyl/N-ethyl adjacent to an activating group) is 1. The second-order valence-electron chi connectivity index (χ2n) is 7.42. The zero-order chi connectivity index (χ0) is 17.4. The van der Waals surface area contributed by atoms with Crippen molar-refractivity contribution in [2.45, 2.75) is 45.7 Å². The summed E-state index contributed by atoms with van der Waals surface area (Å²) in [5, 5.41) is 3.08. The van der Waals surface area contributed by atoms with E-state index in [2.05, 4.69) is 10.2 Å². The number of hydrogen-bond donors (Lipinski definition) is 1. The van der Waals surface area contributed by atoms with Crippen molar-refractivity contribution in [2.75, 3.05) is 27.2 Å². The molecule has 1 saturated heterocycles. The van der Waals surface area contributed by atoms with E-state index in [4.69, 9.17) is 0 Å². The Morgan fingerprint density at radius 1 is 1.26 bits per heavy atom. The number of urea groups is 1. The number of rotatable bonds is 2. The highest BCUT2D eigenvalue weighted by molar-refractivity contribution is 6.06. The van der Waals surface area contributed by atoms with E-state index in [0.29, 0.717) is 0 Å². The van der Waals surface area contributed by atoms with Crippen molar-refractivity contribution < 1.29 is 19.0 Å². The van der Waals surface area contributed by atoms with E-state index in [1.54, 1.807) is 13.3 Å². The summed E-state index contributed by atoms with van der Waals surface area (Å²) in [6.45, 7) is 7.14. The Labute approximate surface area is 137 Å². The van der Waals surface area contributed by atoms with Crippen LogP contribution < -0.4 is 5.32 Å². The fourth-order valence-corrected chi connectivity index (χ4v) is 2.84. The zero-order valence-corrected chi connectivity index (χ0v) is 14.6. The van der Waals surface area contributed by atoms with Crippen molar-refractivity contribution in [1.29, 1.82) is 0 Å². The van der Waals surface area contributed by atoms with Crippen molar-refractivity contribution in [3.05, 3.63) is 0 Å². The summed E-state index contributed by atoms with van der Waals surface area (Å²) in [5.74, 6) is -0.133. The van der Waals surface area contributed by atoms with Gasteiger partial charge in [0.15, 0.2) is 6.04 Å². The molecule has 0 aromatic carbocycles. The van der Waals surface area contributed by atoms with Crippen LogP contribution in [0.5, 0.6) is 0 Å². The van der Waals surface area contributed by atoms with E-state index in [-0.39, 0.29) is 23.9 Å². The molecular formula is C16H27N4O3+. The van der Waals surface area contributed by atoms with Crippen LogP contribution in [0.15, 0.2) is 0 Å². The molecule has 2 aliphatic rings.